The minimum atomic E-state index is 0.892. The number of aromatic nitrogens is 1. The quantitative estimate of drug-likeness (QED) is 0.184. The Hall–Kier alpha value is -6.90. The summed E-state index contributed by atoms with van der Waals surface area (Å²) in [6.07, 6.45) is 0. The molecular formula is C50H31NO. The monoisotopic (exact) mass is 661 g/mol. The predicted octanol–water partition coefficient (Wildman–Crippen LogP) is 14.0. The number of fused-ring (bicyclic) bond motifs is 8. The molecule has 0 atom stereocenters. The molecule has 0 amide bonds. The topological polar surface area (TPSA) is 18.1 Å². The smallest absolute Gasteiger partial charge is 0.144 e. The van der Waals surface area contributed by atoms with Crippen molar-refractivity contribution in [2.75, 3.05) is 0 Å². The number of para-hydroxylation sites is 2. The van der Waals surface area contributed by atoms with Gasteiger partial charge in [-0.2, -0.15) is 0 Å². The number of furan rings is 1. The molecule has 0 N–H and O–H groups in total. The lowest BCUT2D eigenvalue weighted by atomic mass is 9.87. The first-order chi connectivity index (χ1) is 25.8. The summed E-state index contributed by atoms with van der Waals surface area (Å²) >= 11 is 0. The Bertz CT molecular complexity index is 3170. The highest BCUT2D eigenvalue weighted by molar-refractivity contribution is 6.27. The van der Waals surface area contributed by atoms with E-state index in [9.17, 15) is 0 Å². The van der Waals surface area contributed by atoms with Crippen molar-refractivity contribution in [3.63, 3.8) is 0 Å². The Balaban J connectivity index is 1.27. The van der Waals surface area contributed by atoms with Crippen LogP contribution in [-0.4, -0.2) is 4.57 Å². The van der Waals surface area contributed by atoms with E-state index in [2.05, 4.69) is 193 Å². The van der Waals surface area contributed by atoms with Crippen molar-refractivity contribution in [1.82, 2.24) is 4.57 Å². The van der Waals surface area contributed by atoms with Crippen molar-refractivity contribution in [2.45, 2.75) is 0 Å². The van der Waals surface area contributed by atoms with E-state index >= 15 is 0 Å². The second-order valence-corrected chi connectivity index (χ2v) is 13.6. The van der Waals surface area contributed by atoms with Gasteiger partial charge in [0.1, 0.15) is 11.2 Å². The fourth-order valence-corrected chi connectivity index (χ4v) is 8.51. The van der Waals surface area contributed by atoms with Gasteiger partial charge in [0.2, 0.25) is 0 Å². The summed E-state index contributed by atoms with van der Waals surface area (Å²) in [5.41, 5.74) is 12.4. The first-order valence-electron chi connectivity index (χ1n) is 17.9. The van der Waals surface area contributed by atoms with Gasteiger partial charge in [-0.25, -0.2) is 0 Å². The third kappa shape index (κ3) is 4.25. The molecule has 0 radical (unpaired) electrons. The van der Waals surface area contributed by atoms with Crippen LogP contribution in [0.3, 0.4) is 0 Å². The minimum absolute atomic E-state index is 0.892. The van der Waals surface area contributed by atoms with Crippen molar-refractivity contribution in [2.24, 2.45) is 0 Å². The summed E-state index contributed by atoms with van der Waals surface area (Å²) in [5.74, 6) is 0. The lowest BCUT2D eigenvalue weighted by Gasteiger charge is -2.16. The van der Waals surface area contributed by atoms with E-state index in [0.29, 0.717) is 0 Å². The molecule has 242 valence electrons. The van der Waals surface area contributed by atoms with Crippen LogP contribution in [-0.2, 0) is 0 Å². The van der Waals surface area contributed by atoms with Gasteiger partial charge >= 0.3 is 0 Å². The van der Waals surface area contributed by atoms with Crippen LogP contribution in [0, 0.1) is 0 Å². The number of hydrogen-bond acceptors (Lipinski definition) is 1. The number of benzene rings is 9. The normalized spacial score (nSPS) is 11.8. The van der Waals surface area contributed by atoms with Gasteiger partial charge in [-0.05, 0) is 80.2 Å². The highest BCUT2D eigenvalue weighted by Gasteiger charge is 2.24. The van der Waals surface area contributed by atoms with Gasteiger partial charge in [0.05, 0.1) is 11.0 Å². The maximum Gasteiger partial charge on any atom is 0.144 e. The van der Waals surface area contributed by atoms with Crippen molar-refractivity contribution in [3.05, 3.63) is 188 Å². The van der Waals surface area contributed by atoms with Gasteiger partial charge in [0.25, 0.3) is 0 Å². The van der Waals surface area contributed by atoms with E-state index in [-0.39, 0.29) is 0 Å². The zero-order valence-corrected chi connectivity index (χ0v) is 28.3. The van der Waals surface area contributed by atoms with Gasteiger partial charge in [-0.15, -0.1) is 0 Å². The van der Waals surface area contributed by atoms with Crippen LogP contribution in [0.5, 0.6) is 0 Å². The summed E-state index contributed by atoms with van der Waals surface area (Å²) in [4.78, 5) is 0. The third-order valence-corrected chi connectivity index (χ3v) is 10.8. The van der Waals surface area contributed by atoms with Crippen LogP contribution >= 0.6 is 0 Å². The first-order valence-corrected chi connectivity index (χ1v) is 17.9. The molecule has 2 heteroatoms. The summed E-state index contributed by atoms with van der Waals surface area (Å²) in [6, 6.07) is 67.9. The minimum Gasteiger partial charge on any atom is -0.455 e. The predicted molar refractivity (Wildman–Crippen MR) is 219 cm³/mol. The Morgan fingerprint density at radius 2 is 1.02 bits per heavy atom. The molecule has 11 rings (SSSR count). The van der Waals surface area contributed by atoms with Crippen LogP contribution < -0.4 is 0 Å². The van der Waals surface area contributed by atoms with Gasteiger partial charge in [-0.3, -0.25) is 0 Å². The van der Waals surface area contributed by atoms with E-state index in [1.54, 1.807) is 0 Å². The molecule has 0 spiro atoms. The Morgan fingerprint density at radius 1 is 0.365 bits per heavy atom. The molecule has 0 fully saturated rings. The number of hydrogen-bond donors (Lipinski definition) is 0. The van der Waals surface area contributed by atoms with E-state index in [1.165, 1.54) is 60.1 Å². The molecule has 2 nitrogen and oxygen atoms in total. The molecule has 0 unspecified atom stereocenters. The Morgan fingerprint density at radius 3 is 1.85 bits per heavy atom. The first kappa shape index (κ1) is 28.9. The second-order valence-electron chi connectivity index (χ2n) is 13.6. The average molecular weight is 662 g/mol. The summed E-state index contributed by atoms with van der Waals surface area (Å²) in [6.45, 7) is 0. The van der Waals surface area contributed by atoms with Gasteiger partial charge in [0.15, 0.2) is 0 Å². The molecule has 0 saturated heterocycles. The van der Waals surface area contributed by atoms with Crippen LogP contribution in [0.15, 0.2) is 192 Å². The standard InChI is InChI=1S/C50H31NO/c1-3-15-33(16-4-1)38-23-13-24-43-48(38)41-29-28-36(31-44(41)51(43)37-18-5-2-6-19-37)47-40-21-10-9-20-39(40)46(35-27-26-32-14-7-8-17-34(32)30-35)49-42-22-11-12-25-45(42)52-50(47)49/h1-31H. The maximum absolute atomic E-state index is 6.95. The van der Waals surface area contributed by atoms with Crippen molar-refractivity contribution in [3.8, 4) is 39.1 Å². The molecule has 11 aromatic rings. The molecule has 2 aromatic heterocycles. The Kier molecular flexibility index (Phi) is 6.28. The average Bonchev–Trinajstić information content (AvgIpc) is 3.76. The summed E-state index contributed by atoms with van der Waals surface area (Å²) < 4.78 is 9.37. The fraction of sp³-hybridized carbons (Fsp3) is 0. The maximum atomic E-state index is 6.95. The lowest BCUT2D eigenvalue weighted by Crippen LogP contribution is -1.94. The van der Waals surface area contributed by atoms with Crippen molar-refractivity contribution < 1.29 is 4.42 Å². The highest BCUT2D eigenvalue weighted by atomic mass is 16.3. The zero-order valence-electron chi connectivity index (χ0n) is 28.3. The van der Waals surface area contributed by atoms with Crippen LogP contribution in [0.1, 0.15) is 0 Å². The van der Waals surface area contributed by atoms with Crippen LogP contribution in [0.4, 0.5) is 0 Å². The van der Waals surface area contributed by atoms with Crippen molar-refractivity contribution in [1.29, 1.82) is 0 Å². The molecule has 0 aliphatic heterocycles. The van der Waals surface area contributed by atoms with Crippen LogP contribution in [0.25, 0.3) is 104 Å². The number of nitrogens with zero attached hydrogens (tertiary/aromatic N) is 1. The second kappa shape index (κ2) is 11.3. The summed E-state index contributed by atoms with van der Waals surface area (Å²) in [5, 5.41) is 9.59. The highest BCUT2D eigenvalue weighted by Crippen LogP contribution is 2.49. The van der Waals surface area contributed by atoms with E-state index < -0.39 is 0 Å². The number of rotatable bonds is 4. The molecule has 0 bridgehead atoms. The molecule has 9 aromatic carbocycles. The molecule has 52 heavy (non-hydrogen) atoms. The van der Waals surface area contributed by atoms with Gasteiger partial charge < -0.3 is 8.98 Å². The molecule has 0 aliphatic carbocycles. The van der Waals surface area contributed by atoms with E-state index in [0.717, 1.165) is 44.3 Å². The van der Waals surface area contributed by atoms with Crippen molar-refractivity contribution >= 4 is 65.3 Å². The molecule has 0 saturated carbocycles. The van der Waals surface area contributed by atoms with Crippen LogP contribution in [0.2, 0.25) is 0 Å². The molecular weight excluding hydrogens is 631 g/mol. The fourth-order valence-electron chi connectivity index (χ4n) is 8.51. The van der Waals surface area contributed by atoms with E-state index in [1.807, 2.05) is 0 Å². The summed E-state index contributed by atoms with van der Waals surface area (Å²) in [7, 11) is 0. The largest absolute Gasteiger partial charge is 0.455 e. The molecule has 0 aliphatic rings. The Labute approximate surface area is 300 Å². The molecule has 2 heterocycles. The lowest BCUT2D eigenvalue weighted by molar-refractivity contribution is 0.670. The van der Waals surface area contributed by atoms with Gasteiger partial charge in [0, 0.05) is 38.4 Å². The van der Waals surface area contributed by atoms with E-state index in [4.69, 9.17) is 4.42 Å². The van der Waals surface area contributed by atoms with Gasteiger partial charge in [-0.1, -0.05) is 152 Å². The zero-order chi connectivity index (χ0) is 34.2. The third-order valence-electron chi connectivity index (χ3n) is 10.8. The SMILES string of the molecule is c1ccc(-c2cccc3c2c2ccc(-c4c5ccccc5c(-c5ccc6ccccc6c5)c5c4oc4ccccc45)cc2n3-c2ccccc2)cc1.